The van der Waals surface area contributed by atoms with E-state index in [9.17, 15) is 8.42 Å². The van der Waals surface area contributed by atoms with Crippen molar-refractivity contribution in [2.75, 3.05) is 26.7 Å². The Morgan fingerprint density at radius 2 is 1.95 bits per heavy atom. The monoisotopic (exact) mass is 322 g/mol. The van der Waals surface area contributed by atoms with Crippen molar-refractivity contribution in [1.29, 1.82) is 0 Å². The molecule has 0 saturated carbocycles. The van der Waals surface area contributed by atoms with Crippen LogP contribution in [0.25, 0.3) is 0 Å². The van der Waals surface area contributed by atoms with Crippen LogP contribution in [0.5, 0.6) is 5.75 Å². The molecule has 0 fully saturated rings. The van der Waals surface area contributed by atoms with Crippen LogP contribution in [0, 0.1) is 0 Å². The molecular weight excluding hydrogens is 300 g/mol. The van der Waals surface area contributed by atoms with Crippen molar-refractivity contribution in [3.63, 3.8) is 0 Å². The third-order valence-corrected chi connectivity index (χ3v) is 3.90. The maximum Gasteiger partial charge on any atom is 0.215 e. The van der Waals surface area contributed by atoms with Gasteiger partial charge in [0.25, 0.3) is 0 Å². The summed E-state index contributed by atoms with van der Waals surface area (Å²) in [4.78, 5) is 0. The molecule has 0 bridgehead atoms. The van der Waals surface area contributed by atoms with Gasteiger partial charge < -0.3 is 10.1 Å². The molecule has 1 aromatic carbocycles. The van der Waals surface area contributed by atoms with Crippen LogP contribution in [-0.4, -0.2) is 35.2 Å². The van der Waals surface area contributed by atoms with Crippen molar-refractivity contribution >= 4 is 22.4 Å². The molecule has 0 aliphatic rings. The van der Waals surface area contributed by atoms with Gasteiger partial charge in [-0.3, -0.25) is 0 Å². The number of rotatable bonds is 9. The van der Waals surface area contributed by atoms with Crippen molar-refractivity contribution in [3.05, 3.63) is 29.8 Å². The van der Waals surface area contributed by atoms with Gasteiger partial charge in [0.1, 0.15) is 5.75 Å². The summed E-state index contributed by atoms with van der Waals surface area (Å²) < 4.78 is 31.3. The zero-order chi connectivity index (χ0) is 14.1. The van der Waals surface area contributed by atoms with Gasteiger partial charge in [-0.1, -0.05) is 19.1 Å². The second-order valence-electron chi connectivity index (χ2n) is 4.25. The molecule has 0 heterocycles. The average Bonchev–Trinajstić information content (AvgIpc) is 2.38. The number of ether oxygens (including phenoxy) is 1. The van der Waals surface area contributed by atoms with E-state index >= 15 is 0 Å². The molecule has 0 amide bonds. The maximum atomic E-state index is 11.9. The lowest BCUT2D eigenvalue weighted by atomic mass is 10.2. The van der Waals surface area contributed by atoms with Gasteiger partial charge in [0.05, 0.1) is 12.9 Å². The summed E-state index contributed by atoms with van der Waals surface area (Å²) in [6, 6.07) is 7.08. The number of nitrogens with one attached hydrogen (secondary N) is 2. The molecule has 1 aromatic rings. The first-order valence-electron chi connectivity index (χ1n) is 6.38. The van der Waals surface area contributed by atoms with Crippen molar-refractivity contribution in [2.24, 2.45) is 0 Å². The van der Waals surface area contributed by atoms with Crippen LogP contribution in [0.4, 0.5) is 0 Å². The molecule has 0 atom stereocenters. The quantitative estimate of drug-likeness (QED) is 0.677. The van der Waals surface area contributed by atoms with Gasteiger partial charge in [-0.05, 0) is 30.7 Å². The standard InChI is InChI=1S/C13H22N2O3S.ClH/c1-3-7-14-8-9-15-19(16,17)11-12-5-4-6-13(10-12)18-2;/h4-6,10,14-15H,3,7-9,11H2,1-2H3;1H. The molecule has 20 heavy (non-hydrogen) atoms. The summed E-state index contributed by atoms with van der Waals surface area (Å²) >= 11 is 0. The minimum Gasteiger partial charge on any atom is -0.497 e. The average molecular weight is 323 g/mol. The zero-order valence-corrected chi connectivity index (χ0v) is 13.5. The minimum atomic E-state index is -3.29. The van der Waals surface area contributed by atoms with Crippen molar-refractivity contribution < 1.29 is 13.2 Å². The van der Waals surface area contributed by atoms with E-state index in [0.29, 0.717) is 24.4 Å². The SMILES string of the molecule is CCCNCCNS(=O)(=O)Cc1cccc(OC)c1.Cl. The molecule has 0 saturated heterocycles. The van der Waals surface area contributed by atoms with E-state index in [0.717, 1.165) is 13.0 Å². The van der Waals surface area contributed by atoms with E-state index in [1.54, 1.807) is 31.4 Å². The van der Waals surface area contributed by atoms with Gasteiger partial charge in [0.2, 0.25) is 10.0 Å². The highest BCUT2D eigenvalue weighted by Gasteiger charge is 2.11. The summed E-state index contributed by atoms with van der Waals surface area (Å²) in [5, 5.41) is 3.14. The van der Waals surface area contributed by atoms with E-state index in [2.05, 4.69) is 17.0 Å². The largest absolute Gasteiger partial charge is 0.497 e. The number of hydrogen-bond donors (Lipinski definition) is 2. The van der Waals surface area contributed by atoms with E-state index in [1.807, 2.05) is 0 Å². The Kier molecular flexibility index (Phi) is 9.58. The van der Waals surface area contributed by atoms with Crippen LogP contribution < -0.4 is 14.8 Å². The highest BCUT2D eigenvalue weighted by atomic mass is 35.5. The zero-order valence-electron chi connectivity index (χ0n) is 11.9. The second-order valence-corrected chi connectivity index (χ2v) is 6.06. The Morgan fingerprint density at radius 1 is 1.20 bits per heavy atom. The van der Waals surface area contributed by atoms with E-state index in [-0.39, 0.29) is 18.2 Å². The van der Waals surface area contributed by atoms with Crippen molar-refractivity contribution in [1.82, 2.24) is 10.0 Å². The summed E-state index contributed by atoms with van der Waals surface area (Å²) in [5.41, 5.74) is 0.716. The highest BCUT2D eigenvalue weighted by molar-refractivity contribution is 7.88. The molecule has 7 heteroatoms. The van der Waals surface area contributed by atoms with Crippen LogP contribution in [0.2, 0.25) is 0 Å². The van der Waals surface area contributed by atoms with Crippen LogP contribution in [-0.2, 0) is 15.8 Å². The molecule has 0 spiro atoms. The third-order valence-electron chi connectivity index (χ3n) is 2.54. The van der Waals surface area contributed by atoms with E-state index < -0.39 is 10.0 Å². The fourth-order valence-electron chi connectivity index (χ4n) is 1.63. The van der Waals surface area contributed by atoms with Gasteiger partial charge >= 0.3 is 0 Å². The topological polar surface area (TPSA) is 67.4 Å². The van der Waals surface area contributed by atoms with Gasteiger partial charge in [-0.15, -0.1) is 12.4 Å². The summed E-state index contributed by atoms with van der Waals surface area (Å²) in [6.07, 6.45) is 1.04. The van der Waals surface area contributed by atoms with Crippen LogP contribution in [0.1, 0.15) is 18.9 Å². The fourth-order valence-corrected chi connectivity index (χ4v) is 2.76. The summed E-state index contributed by atoms with van der Waals surface area (Å²) in [7, 11) is -1.73. The van der Waals surface area contributed by atoms with Gasteiger partial charge in [-0.2, -0.15) is 0 Å². The molecule has 5 nitrogen and oxygen atoms in total. The van der Waals surface area contributed by atoms with Crippen LogP contribution in [0.3, 0.4) is 0 Å². The Balaban J connectivity index is 0.00000361. The lowest BCUT2D eigenvalue weighted by Gasteiger charge is -2.08. The lowest BCUT2D eigenvalue weighted by molar-refractivity contribution is 0.414. The Labute approximate surface area is 127 Å². The number of methoxy groups -OCH3 is 1. The normalized spacial score (nSPS) is 10.9. The van der Waals surface area contributed by atoms with E-state index in [4.69, 9.17) is 4.74 Å². The molecule has 0 aliphatic heterocycles. The fraction of sp³-hybridized carbons (Fsp3) is 0.538. The number of halogens is 1. The molecule has 116 valence electrons. The first-order chi connectivity index (χ1) is 9.07. The maximum absolute atomic E-state index is 11.9. The predicted octanol–water partition coefficient (Wildman–Crippen LogP) is 1.54. The smallest absolute Gasteiger partial charge is 0.215 e. The molecule has 0 aromatic heterocycles. The van der Waals surface area contributed by atoms with Crippen molar-refractivity contribution in [2.45, 2.75) is 19.1 Å². The molecule has 0 unspecified atom stereocenters. The van der Waals surface area contributed by atoms with Crippen LogP contribution in [0.15, 0.2) is 24.3 Å². The number of sulfonamides is 1. The van der Waals surface area contributed by atoms with Gasteiger partial charge in [-0.25, -0.2) is 13.1 Å². The number of hydrogen-bond acceptors (Lipinski definition) is 4. The third kappa shape index (κ3) is 7.69. The summed E-state index contributed by atoms with van der Waals surface area (Å²) in [5.74, 6) is 0.634. The molecule has 2 N–H and O–H groups in total. The first-order valence-corrected chi connectivity index (χ1v) is 8.03. The molecule has 1 rings (SSSR count). The van der Waals surface area contributed by atoms with Crippen LogP contribution >= 0.6 is 12.4 Å². The Morgan fingerprint density at radius 3 is 2.60 bits per heavy atom. The Hall–Kier alpha value is -0.820. The molecule has 0 radical (unpaired) electrons. The first kappa shape index (κ1) is 19.2. The Bertz CT molecular complexity index is 480. The van der Waals surface area contributed by atoms with Gasteiger partial charge in [0, 0.05) is 13.1 Å². The second kappa shape index (κ2) is 9.99. The minimum absolute atomic E-state index is 0. The predicted molar refractivity (Wildman–Crippen MR) is 84.0 cm³/mol. The molecular formula is C13H23ClN2O3S. The molecule has 0 aliphatic carbocycles. The van der Waals surface area contributed by atoms with Crippen molar-refractivity contribution in [3.8, 4) is 5.75 Å². The lowest BCUT2D eigenvalue weighted by Crippen LogP contribution is -2.32. The van der Waals surface area contributed by atoms with E-state index in [1.165, 1.54) is 0 Å². The van der Waals surface area contributed by atoms with Gasteiger partial charge in [0.15, 0.2) is 0 Å². The summed E-state index contributed by atoms with van der Waals surface area (Å²) in [6.45, 7) is 4.02. The highest BCUT2D eigenvalue weighted by Crippen LogP contribution is 2.14. The number of benzene rings is 1.